The molecule has 29 heavy (non-hydrogen) atoms. The molecule has 0 aromatic heterocycles. The van der Waals surface area contributed by atoms with Crippen molar-refractivity contribution in [2.45, 2.75) is 9.46 Å². The fraction of sp³-hybridized carbons (Fsp3) is 0.160. The van der Waals surface area contributed by atoms with Crippen molar-refractivity contribution < 1.29 is 9.53 Å². The molecule has 1 atom stereocenters. The molecule has 3 aromatic rings. The van der Waals surface area contributed by atoms with Gasteiger partial charge >= 0.3 is 5.97 Å². The lowest BCUT2D eigenvalue weighted by Crippen LogP contribution is -2.48. The number of alkyl halides is 1. The van der Waals surface area contributed by atoms with Gasteiger partial charge in [0.1, 0.15) is 10.5 Å². The molecule has 3 aromatic carbocycles. The number of benzene rings is 3. The lowest BCUT2D eigenvalue weighted by atomic mass is 9.77. The topological polar surface area (TPSA) is 38.3 Å². The zero-order chi connectivity index (χ0) is 20.5. The van der Waals surface area contributed by atoms with Gasteiger partial charge in [0, 0.05) is 6.54 Å². The van der Waals surface area contributed by atoms with E-state index in [2.05, 4.69) is 70.9 Å². The normalized spacial score (nSPS) is 12.2. The summed E-state index contributed by atoms with van der Waals surface area (Å²) in [5, 5.41) is 3.71. The first-order valence-corrected chi connectivity index (χ1v) is 10.8. The fourth-order valence-electron chi connectivity index (χ4n) is 3.43. The Labute approximate surface area is 185 Å². The van der Waals surface area contributed by atoms with E-state index in [0.29, 0.717) is 6.54 Å². The number of hydrogen-bond acceptors (Lipinski definition) is 3. The molecule has 1 unspecified atom stereocenters. The molecule has 0 fully saturated rings. The Morgan fingerprint density at radius 3 is 1.69 bits per heavy atom. The van der Waals surface area contributed by atoms with Crippen LogP contribution in [0.3, 0.4) is 0 Å². The van der Waals surface area contributed by atoms with Crippen molar-refractivity contribution in [3.05, 3.63) is 120 Å². The van der Waals surface area contributed by atoms with Crippen molar-refractivity contribution in [1.82, 2.24) is 5.32 Å². The molecule has 0 aliphatic rings. The summed E-state index contributed by atoms with van der Waals surface area (Å²) in [4.78, 5) is 12.3. The Kier molecular flexibility index (Phi) is 7.61. The Bertz CT molecular complexity index is 817. The van der Waals surface area contributed by atoms with Crippen LogP contribution in [0, 0.1) is 0 Å². The molecule has 3 rings (SSSR count). The van der Waals surface area contributed by atoms with E-state index < -0.39 is 5.54 Å². The molecule has 0 aliphatic carbocycles. The molecule has 3 nitrogen and oxygen atoms in total. The van der Waals surface area contributed by atoms with E-state index in [-0.39, 0.29) is 16.5 Å². The van der Waals surface area contributed by atoms with Crippen LogP contribution in [0.4, 0.5) is 0 Å². The van der Waals surface area contributed by atoms with E-state index >= 15 is 0 Å². The number of hydrogen-bond donors (Lipinski definition) is 1. The Hall–Kier alpha value is -2.44. The van der Waals surface area contributed by atoms with E-state index in [1.54, 1.807) is 6.08 Å². The van der Waals surface area contributed by atoms with Crippen molar-refractivity contribution in [1.29, 1.82) is 0 Å². The summed E-state index contributed by atoms with van der Waals surface area (Å²) < 4.78 is 4.90. The van der Waals surface area contributed by atoms with Crippen LogP contribution in [0.5, 0.6) is 0 Å². The number of carbonyl (C=O) groups is 1. The van der Waals surface area contributed by atoms with Crippen molar-refractivity contribution in [3.8, 4) is 0 Å². The summed E-state index contributed by atoms with van der Waals surface area (Å²) >= 11 is 2.13. The van der Waals surface area contributed by atoms with Gasteiger partial charge in [-0.1, -0.05) is 126 Å². The summed E-state index contributed by atoms with van der Waals surface area (Å²) in [6.45, 7) is 4.28. The van der Waals surface area contributed by atoms with Gasteiger partial charge in [0.05, 0.1) is 5.54 Å². The van der Waals surface area contributed by atoms with E-state index in [4.69, 9.17) is 4.74 Å². The molecular weight excluding hydrogens is 473 g/mol. The maximum absolute atomic E-state index is 12.3. The van der Waals surface area contributed by atoms with Gasteiger partial charge < -0.3 is 4.74 Å². The van der Waals surface area contributed by atoms with Crippen molar-refractivity contribution in [3.63, 3.8) is 0 Å². The first-order valence-electron chi connectivity index (χ1n) is 9.51. The third kappa shape index (κ3) is 4.95. The molecule has 0 spiro atoms. The average molecular weight is 497 g/mol. The second-order valence-corrected chi connectivity index (χ2v) is 8.12. The zero-order valence-electron chi connectivity index (χ0n) is 16.1. The van der Waals surface area contributed by atoms with Crippen LogP contribution < -0.4 is 5.32 Å². The second-order valence-electron chi connectivity index (χ2n) is 6.62. The largest absolute Gasteiger partial charge is 0.461 e. The third-order valence-corrected chi connectivity index (χ3v) is 5.71. The van der Waals surface area contributed by atoms with Gasteiger partial charge in [0.25, 0.3) is 0 Å². The van der Waals surface area contributed by atoms with Gasteiger partial charge in [-0.25, -0.2) is 0 Å². The third-order valence-electron chi connectivity index (χ3n) is 4.77. The van der Waals surface area contributed by atoms with Crippen molar-refractivity contribution in [2.24, 2.45) is 0 Å². The molecule has 0 saturated heterocycles. The SMILES string of the molecule is C=CCOC(=O)C(I)CNC(c1ccccc1)(c1ccccc1)c1ccccc1. The van der Waals surface area contributed by atoms with Gasteiger partial charge in [0.2, 0.25) is 0 Å². The van der Waals surface area contributed by atoms with E-state index in [1.165, 1.54) is 0 Å². The van der Waals surface area contributed by atoms with E-state index in [0.717, 1.165) is 16.7 Å². The van der Waals surface area contributed by atoms with Crippen LogP contribution in [0.15, 0.2) is 104 Å². The zero-order valence-corrected chi connectivity index (χ0v) is 18.3. The van der Waals surface area contributed by atoms with Gasteiger partial charge in [-0.3, -0.25) is 10.1 Å². The van der Waals surface area contributed by atoms with Crippen LogP contribution in [0.2, 0.25) is 0 Å². The molecule has 0 saturated carbocycles. The number of nitrogens with one attached hydrogen (secondary N) is 1. The first kappa shape index (κ1) is 21.3. The minimum absolute atomic E-state index is 0.222. The van der Waals surface area contributed by atoms with Gasteiger partial charge in [-0.05, 0) is 16.7 Å². The van der Waals surface area contributed by atoms with Crippen LogP contribution in [0.25, 0.3) is 0 Å². The minimum Gasteiger partial charge on any atom is -0.461 e. The Morgan fingerprint density at radius 1 is 0.897 bits per heavy atom. The van der Waals surface area contributed by atoms with E-state index in [9.17, 15) is 4.79 Å². The van der Waals surface area contributed by atoms with Crippen molar-refractivity contribution in [2.75, 3.05) is 13.2 Å². The molecule has 0 bridgehead atoms. The minimum atomic E-state index is -0.591. The predicted octanol–water partition coefficient (Wildman–Crippen LogP) is 5.10. The number of carbonyl (C=O) groups excluding carboxylic acids is 1. The predicted molar refractivity (Wildman–Crippen MR) is 126 cm³/mol. The summed E-state index contributed by atoms with van der Waals surface area (Å²) in [6, 6.07) is 31.0. The van der Waals surface area contributed by atoms with Crippen LogP contribution in [0.1, 0.15) is 16.7 Å². The lowest BCUT2D eigenvalue weighted by Gasteiger charge is -2.37. The van der Waals surface area contributed by atoms with Gasteiger partial charge in [0.15, 0.2) is 0 Å². The fourth-order valence-corrected chi connectivity index (χ4v) is 3.83. The molecule has 148 valence electrons. The molecule has 0 aliphatic heterocycles. The molecule has 0 radical (unpaired) electrons. The highest BCUT2D eigenvalue weighted by molar-refractivity contribution is 14.1. The number of halogens is 1. The Morgan fingerprint density at radius 2 is 1.31 bits per heavy atom. The smallest absolute Gasteiger partial charge is 0.320 e. The van der Waals surface area contributed by atoms with Gasteiger partial charge in [-0.2, -0.15) is 0 Å². The van der Waals surface area contributed by atoms with Crippen LogP contribution in [-0.4, -0.2) is 23.0 Å². The summed E-state index contributed by atoms with van der Waals surface area (Å²) in [5.41, 5.74) is 2.74. The number of rotatable bonds is 9. The van der Waals surface area contributed by atoms with Crippen LogP contribution in [-0.2, 0) is 15.1 Å². The standard InChI is InChI=1S/C25H24INO2/c1-2-18-29-24(28)23(26)19-27-25(20-12-6-3-7-13-20,21-14-8-4-9-15-21)22-16-10-5-11-17-22/h2-17,23,27H,1,18-19H2. The quantitative estimate of drug-likeness (QED) is 0.147. The van der Waals surface area contributed by atoms with E-state index in [1.807, 2.05) is 54.6 Å². The molecule has 0 amide bonds. The second kappa shape index (κ2) is 10.4. The summed E-state index contributed by atoms with van der Waals surface area (Å²) in [5.74, 6) is -0.249. The first-order chi connectivity index (χ1) is 14.2. The highest BCUT2D eigenvalue weighted by Crippen LogP contribution is 2.36. The molecule has 0 heterocycles. The maximum Gasteiger partial charge on any atom is 0.320 e. The molecular formula is C25H24INO2. The number of esters is 1. The summed E-state index contributed by atoms with van der Waals surface area (Å²) in [7, 11) is 0. The molecule has 4 heteroatoms. The number of ether oxygens (including phenoxy) is 1. The van der Waals surface area contributed by atoms with Gasteiger partial charge in [-0.15, -0.1) is 0 Å². The van der Waals surface area contributed by atoms with Crippen LogP contribution >= 0.6 is 22.6 Å². The maximum atomic E-state index is 12.3. The highest BCUT2D eigenvalue weighted by atomic mass is 127. The Balaban J connectivity index is 2.05. The highest BCUT2D eigenvalue weighted by Gasteiger charge is 2.36. The molecule has 1 N–H and O–H groups in total. The summed E-state index contributed by atoms with van der Waals surface area (Å²) in [6.07, 6.45) is 1.58. The van der Waals surface area contributed by atoms with Crippen molar-refractivity contribution >= 4 is 28.6 Å². The lowest BCUT2D eigenvalue weighted by molar-refractivity contribution is -0.141. The average Bonchev–Trinajstić information content (AvgIpc) is 2.80. The monoisotopic (exact) mass is 497 g/mol.